The van der Waals surface area contributed by atoms with Gasteiger partial charge in [-0.3, -0.25) is 0 Å². The lowest BCUT2D eigenvalue weighted by atomic mass is 10.2. The van der Waals surface area contributed by atoms with Gasteiger partial charge in [-0.1, -0.05) is 0 Å². The second-order valence-electron chi connectivity index (χ2n) is 3.94. The molecule has 0 atom stereocenters. The Morgan fingerprint density at radius 3 is 2.94 bits per heavy atom. The van der Waals surface area contributed by atoms with Crippen molar-refractivity contribution in [3.8, 4) is 0 Å². The van der Waals surface area contributed by atoms with Gasteiger partial charge in [-0.05, 0) is 36.9 Å². The van der Waals surface area contributed by atoms with Gasteiger partial charge >= 0.3 is 5.97 Å². The number of carboxylic acid groups (broad SMARTS) is 1. The van der Waals surface area contributed by atoms with Crippen LogP contribution in [0.3, 0.4) is 0 Å². The van der Waals surface area contributed by atoms with Crippen LogP contribution < -0.4 is 0 Å². The van der Waals surface area contributed by atoms with Gasteiger partial charge in [0.05, 0.1) is 25.9 Å². The fourth-order valence-electron chi connectivity index (χ4n) is 1.28. The molecular weight excluding hydrogens is 252 g/mol. The molecule has 0 radical (unpaired) electrons. The molecular formula is C13H18O4S. The van der Waals surface area contributed by atoms with E-state index in [4.69, 9.17) is 14.6 Å². The van der Waals surface area contributed by atoms with Gasteiger partial charge in [0.25, 0.3) is 0 Å². The number of carboxylic acids is 1. The minimum absolute atomic E-state index is 0.212. The molecule has 1 N–H and O–H groups in total. The third-order valence-electron chi connectivity index (χ3n) is 2.10. The average Bonchev–Trinajstić information content (AvgIpc) is 2.73. The predicted octanol–water partition coefficient (Wildman–Crippen LogP) is 2.79. The molecule has 0 aromatic carbocycles. The van der Waals surface area contributed by atoms with Crippen molar-refractivity contribution in [3.63, 3.8) is 0 Å². The Kier molecular flexibility index (Phi) is 6.64. The SMILES string of the molecule is CC(C)OCCOCc1sccc1C=CC(=O)O. The standard InChI is InChI=1S/C13H18O4S/c1-10(2)17-7-6-16-9-12-11(5-8-18-12)3-4-13(14)15/h3-5,8,10H,6-7,9H2,1-2H3,(H,14,15). The van der Waals surface area contributed by atoms with E-state index >= 15 is 0 Å². The molecule has 0 bridgehead atoms. The molecule has 4 nitrogen and oxygen atoms in total. The minimum Gasteiger partial charge on any atom is -0.478 e. The lowest BCUT2D eigenvalue weighted by molar-refractivity contribution is -0.131. The summed E-state index contributed by atoms with van der Waals surface area (Å²) in [6.07, 6.45) is 2.93. The summed E-state index contributed by atoms with van der Waals surface area (Å²) in [5, 5.41) is 10.5. The van der Waals surface area contributed by atoms with Crippen LogP contribution in [-0.4, -0.2) is 30.4 Å². The fraction of sp³-hybridized carbons (Fsp3) is 0.462. The molecule has 0 fully saturated rings. The van der Waals surface area contributed by atoms with E-state index in [1.807, 2.05) is 25.3 Å². The van der Waals surface area contributed by atoms with Crippen LogP contribution in [0, 0.1) is 0 Å². The average molecular weight is 270 g/mol. The molecule has 0 unspecified atom stereocenters. The van der Waals surface area contributed by atoms with E-state index in [0.29, 0.717) is 19.8 Å². The van der Waals surface area contributed by atoms with E-state index in [1.165, 1.54) is 0 Å². The van der Waals surface area contributed by atoms with Crippen molar-refractivity contribution < 1.29 is 19.4 Å². The van der Waals surface area contributed by atoms with E-state index in [0.717, 1.165) is 16.5 Å². The van der Waals surface area contributed by atoms with Crippen molar-refractivity contribution in [1.82, 2.24) is 0 Å². The zero-order valence-corrected chi connectivity index (χ0v) is 11.4. The first-order chi connectivity index (χ1) is 8.59. The molecule has 0 aliphatic rings. The molecule has 0 spiro atoms. The van der Waals surface area contributed by atoms with Crippen LogP contribution >= 0.6 is 11.3 Å². The summed E-state index contributed by atoms with van der Waals surface area (Å²) >= 11 is 1.56. The van der Waals surface area contributed by atoms with Crippen molar-refractivity contribution in [2.45, 2.75) is 26.6 Å². The maximum atomic E-state index is 10.4. The smallest absolute Gasteiger partial charge is 0.328 e. The van der Waals surface area contributed by atoms with E-state index in [9.17, 15) is 4.79 Å². The Bertz CT molecular complexity index is 395. The zero-order chi connectivity index (χ0) is 13.4. The van der Waals surface area contributed by atoms with Crippen LogP contribution in [0.4, 0.5) is 0 Å². The largest absolute Gasteiger partial charge is 0.478 e. The Balaban J connectivity index is 2.34. The van der Waals surface area contributed by atoms with E-state index in [-0.39, 0.29) is 6.10 Å². The molecule has 18 heavy (non-hydrogen) atoms. The third kappa shape index (κ3) is 5.95. The van der Waals surface area contributed by atoms with Crippen molar-refractivity contribution >= 4 is 23.4 Å². The van der Waals surface area contributed by atoms with Gasteiger partial charge in [0.15, 0.2) is 0 Å². The number of ether oxygens (including phenoxy) is 2. The number of carbonyl (C=O) groups is 1. The van der Waals surface area contributed by atoms with E-state index in [1.54, 1.807) is 17.4 Å². The van der Waals surface area contributed by atoms with Crippen LogP contribution in [0.1, 0.15) is 24.3 Å². The van der Waals surface area contributed by atoms with Crippen LogP contribution in [0.15, 0.2) is 17.5 Å². The summed E-state index contributed by atoms with van der Waals surface area (Å²) < 4.78 is 10.8. The van der Waals surface area contributed by atoms with Gasteiger partial charge in [-0.25, -0.2) is 4.79 Å². The topological polar surface area (TPSA) is 55.8 Å². The highest BCUT2D eigenvalue weighted by molar-refractivity contribution is 7.10. The third-order valence-corrected chi connectivity index (χ3v) is 3.01. The lowest BCUT2D eigenvalue weighted by Crippen LogP contribution is -2.09. The normalized spacial score (nSPS) is 11.5. The van der Waals surface area contributed by atoms with Crippen LogP contribution in [0.5, 0.6) is 0 Å². The first kappa shape index (κ1) is 14.9. The van der Waals surface area contributed by atoms with Crippen LogP contribution in [-0.2, 0) is 20.9 Å². The number of hydrogen-bond acceptors (Lipinski definition) is 4. The highest BCUT2D eigenvalue weighted by Gasteiger charge is 2.02. The first-order valence-electron chi connectivity index (χ1n) is 5.76. The Labute approximate surface area is 111 Å². The Morgan fingerprint density at radius 2 is 2.28 bits per heavy atom. The maximum absolute atomic E-state index is 10.4. The molecule has 0 aliphatic carbocycles. The summed E-state index contributed by atoms with van der Waals surface area (Å²) in [6, 6.07) is 1.88. The van der Waals surface area contributed by atoms with Crippen LogP contribution in [0.2, 0.25) is 0 Å². The molecule has 1 aromatic heterocycles. The zero-order valence-electron chi connectivity index (χ0n) is 10.6. The fourth-order valence-corrected chi connectivity index (χ4v) is 2.09. The molecule has 5 heteroatoms. The summed E-state index contributed by atoms with van der Waals surface area (Å²) in [6.45, 7) is 5.56. The molecule has 0 amide bonds. The minimum atomic E-state index is -0.946. The number of thiophene rings is 1. The summed E-state index contributed by atoms with van der Waals surface area (Å²) in [7, 11) is 0. The van der Waals surface area contributed by atoms with Crippen LogP contribution in [0.25, 0.3) is 6.08 Å². The summed E-state index contributed by atoms with van der Waals surface area (Å²) in [4.78, 5) is 11.5. The highest BCUT2D eigenvalue weighted by atomic mass is 32.1. The van der Waals surface area contributed by atoms with E-state index in [2.05, 4.69) is 0 Å². The first-order valence-corrected chi connectivity index (χ1v) is 6.64. The van der Waals surface area contributed by atoms with Gasteiger partial charge in [-0.2, -0.15) is 0 Å². The quantitative estimate of drug-likeness (QED) is 0.583. The molecule has 1 heterocycles. The predicted molar refractivity (Wildman–Crippen MR) is 71.7 cm³/mol. The van der Waals surface area contributed by atoms with Crippen molar-refractivity contribution in [2.75, 3.05) is 13.2 Å². The monoisotopic (exact) mass is 270 g/mol. The Morgan fingerprint density at radius 1 is 1.50 bits per heavy atom. The number of aliphatic carboxylic acids is 1. The molecule has 1 aromatic rings. The Hall–Kier alpha value is -1.17. The van der Waals surface area contributed by atoms with Gasteiger partial charge in [0.1, 0.15) is 0 Å². The molecule has 0 aliphatic heterocycles. The van der Waals surface area contributed by atoms with Crippen molar-refractivity contribution in [3.05, 3.63) is 28.0 Å². The molecule has 0 saturated carbocycles. The summed E-state index contributed by atoms with van der Waals surface area (Å²) in [5.74, 6) is -0.946. The summed E-state index contributed by atoms with van der Waals surface area (Å²) in [5.41, 5.74) is 0.896. The van der Waals surface area contributed by atoms with Gasteiger partial charge in [0, 0.05) is 11.0 Å². The number of hydrogen-bond donors (Lipinski definition) is 1. The van der Waals surface area contributed by atoms with Crippen molar-refractivity contribution in [2.24, 2.45) is 0 Å². The lowest BCUT2D eigenvalue weighted by Gasteiger charge is -2.07. The second-order valence-corrected chi connectivity index (χ2v) is 4.94. The van der Waals surface area contributed by atoms with Crippen molar-refractivity contribution in [1.29, 1.82) is 0 Å². The highest BCUT2D eigenvalue weighted by Crippen LogP contribution is 2.19. The second kappa shape index (κ2) is 8.02. The molecule has 0 saturated heterocycles. The van der Waals surface area contributed by atoms with Gasteiger partial charge in [0.2, 0.25) is 0 Å². The molecule has 100 valence electrons. The number of rotatable bonds is 8. The van der Waals surface area contributed by atoms with Gasteiger partial charge < -0.3 is 14.6 Å². The maximum Gasteiger partial charge on any atom is 0.328 e. The molecule has 1 rings (SSSR count). The van der Waals surface area contributed by atoms with Gasteiger partial charge in [-0.15, -0.1) is 11.3 Å². The van der Waals surface area contributed by atoms with E-state index < -0.39 is 5.97 Å².